The second kappa shape index (κ2) is 8.21. The average molecular weight is 329 g/mol. The van der Waals surface area contributed by atoms with Gasteiger partial charge in [0.05, 0.1) is 0 Å². The Morgan fingerprint density at radius 3 is 2.33 bits per heavy atom. The Bertz CT molecular complexity index is 694. The summed E-state index contributed by atoms with van der Waals surface area (Å²) in [4.78, 5) is 26.7. The zero-order valence-electron chi connectivity index (χ0n) is 13.3. The third-order valence-electron chi connectivity index (χ3n) is 3.53. The summed E-state index contributed by atoms with van der Waals surface area (Å²) in [5.41, 5.74) is 2.08. The molecule has 1 aromatic heterocycles. The molecule has 6 heteroatoms. The van der Waals surface area contributed by atoms with Crippen LogP contribution in [0.5, 0.6) is 5.75 Å². The number of benzene rings is 1. The number of aromatic nitrogens is 1. The lowest BCUT2D eigenvalue weighted by atomic mass is 10.1. The molecule has 1 heterocycles. The van der Waals surface area contributed by atoms with Crippen LogP contribution < -0.4 is 4.74 Å². The van der Waals surface area contributed by atoms with Gasteiger partial charge in [-0.1, -0.05) is 25.1 Å². The van der Waals surface area contributed by atoms with Crippen molar-refractivity contribution in [2.24, 2.45) is 0 Å². The lowest BCUT2D eigenvalue weighted by molar-refractivity contribution is -0.146. The topological polar surface area (TPSA) is 96.7 Å². The van der Waals surface area contributed by atoms with Crippen LogP contribution in [0.4, 0.5) is 0 Å². The minimum atomic E-state index is -1.43. The van der Waals surface area contributed by atoms with Gasteiger partial charge in [-0.2, -0.15) is 0 Å². The van der Waals surface area contributed by atoms with Crippen LogP contribution in [-0.4, -0.2) is 39.7 Å². The number of hydrogen-bond donors (Lipinski definition) is 2. The molecule has 0 aliphatic rings. The van der Waals surface area contributed by atoms with Crippen LogP contribution in [0, 0.1) is 0 Å². The fourth-order valence-electron chi connectivity index (χ4n) is 2.05. The fraction of sp³-hybridized carbons (Fsp3) is 0.278. The molecule has 1 unspecified atom stereocenters. The molecule has 1 aromatic carbocycles. The highest BCUT2D eigenvalue weighted by atomic mass is 16.5. The first-order valence-corrected chi connectivity index (χ1v) is 7.60. The van der Waals surface area contributed by atoms with E-state index in [9.17, 15) is 14.7 Å². The van der Waals surface area contributed by atoms with E-state index in [1.807, 2.05) is 13.0 Å². The summed E-state index contributed by atoms with van der Waals surface area (Å²) >= 11 is 0. The summed E-state index contributed by atoms with van der Waals surface area (Å²) in [5, 5.41) is 18.0. The molecule has 0 fully saturated rings. The van der Waals surface area contributed by atoms with Crippen molar-refractivity contribution in [1.82, 2.24) is 4.98 Å². The van der Waals surface area contributed by atoms with E-state index in [0.29, 0.717) is 17.0 Å². The zero-order chi connectivity index (χ0) is 17.5. The standard InChI is InChI=1S/C18H19NO5/c1-2-12-5-8-15(19-10-12)17(21)11-24-14-6-3-13(4-7-14)9-16(20)18(22)23/h3-8,10,16,20H,2,9,11H2,1H3,(H,22,23). The summed E-state index contributed by atoms with van der Waals surface area (Å²) < 4.78 is 5.42. The molecule has 126 valence electrons. The molecule has 0 amide bonds. The Kier molecular flexibility index (Phi) is 6.03. The minimum absolute atomic E-state index is 0.0161. The molecule has 0 spiro atoms. The van der Waals surface area contributed by atoms with Crippen molar-refractivity contribution < 1.29 is 24.5 Å². The van der Waals surface area contributed by atoms with Crippen molar-refractivity contribution in [3.63, 3.8) is 0 Å². The number of carbonyl (C=O) groups is 2. The third kappa shape index (κ3) is 4.89. The van der Waals surface area contributed by atoms with Crippen molar-refractivity contribution in [3.8, 4) is 5.75 Å². The maximum Gasteiger partial charge on any atom is 0.332 e. The molecule has 1 atom stereocenters. The van der Waals surface area contributed by atoms with E-state index in [1.54, 1.807) is 36.5 Å². The van der Waals surface area contributed by atoms with Gasteiger partial charge in [0, 0.05) is 12.6 Å². The minimum Gasteiger partial charge on any atom is -0.485 e. The molecule has 0 bridgehead atoms. The number of carboxylic acid groups (broad SMARTS) is 1. The molecule has 2 aromatic rings. The van der Waals surface area contributed by atoms with Gasteiger partial charge in [0.1, 0.15) is 11.4 Å². The highest BCUT2D eigenvalue weighted by Gasteiger charge is 2.13. The lowest BCUT2D eigenvalue weighted by Gasteiger charge is -2.08. The van der Waals surface area contributed by atoms with Gasteiger partial charge in [-0.15, -0.1) is 0 Å². The summed E-state index contributed by atoms with van der Waals surface area (Å²) in [5.74, 6) is -0.993. The SMILES string of the molecule is CCc1ccc(C(=O)COc2ccc(CC(O)C(=O)O)cc2)nc1. The van der Waals surface area contributed by atoms with Gasteiger partial charge in [0.15, 0.2) is 12.7 Å². The van der Waals surface area contributed by atoms with Crippen LogP contribution >= 0.6 is 0 Å². The number of aliphatic hydroxyl groups is 1. The Balaban J connectivity index is 1.89. The van der Waals surface area contributed by atoms with E-state index < -0.39 is 12.1 Å². The second-order valence-corrected chi connectivity index (χ2v) is 5.32. The van der Waals surface area contributed by atoms with Gasteiger partial charge < -0.3 is 14.9 Å². The summed E-state index contributed by atoms with van der Waals surface area (Å²) in [6.07, 6.45) is 1.12. The molecule has 6 nitrogen and oxygen atoms in total. The van der Waals surface area contributed by atoms with Gasteiger partial charge in [-0.05, 0) is 35.7 Å². The summed E-state index contributed by atoms with van der Waals surface area (Å²) in [7, 11) is 0. The number of aliphatic carboxylic acids is 1. The van der Waals surface area contributed by atoms with Gasteiger partial charge in [-0.25, -0.2) is 4.79 Å². The number of pyridine rings is 1. The summed E-state index contributed by atoms with van der Waals surface area (Å²) in [6.45, 7) is 1.89. The normalized spacial score (nSPS) is 11.8. The van der Waals surface area contributed by atoms with Crippen molar-refractivity contribution in [3.05, 3.63) is 59.4 Å². The van der Waals surface area contributed by atoms with Crippen molar-refractivity contribution in [2.45, 2.75) is 25.9 Å². The number of rotatable bonds is 8. The van der Waals surface area contributed by atoms with Gasteiger partial charge in [-0.3, -0.25) is 9.78 Å². The van der Waals surface area contributed by atoms with E-state index >= 15 is 0 Å². The largest absolute Gasteiger partial charge is 0.485 e. The molecule has 0 saturated carbocycles. The van der Waals surface area contributed by atoms with E-state index in [1.165, 1.54) is 0 Å². The molecule has 0 aliphatic heterocycles. The van der Waals surface area contributed by atoms with Crippen molar-refractivity contribution >= 4 is 11.8 Å². The van der Waals surface area contributed by atoms with E-state index in [4.69, 9.17) is 9.84 Å². The molecular weight excluding hydrogens is 310 g/mol. The Labute approximate surface area is 139 Å². The predicted molar refractivity (Wildman–Crippen MR) is 87.2 cm³/mol. The molecule has 24 heavy (non-hydrogen) atoms. The first kappa shape index (κ1) is 17.6. The van der Waals surface area contributed by atoms with Crippen LogP contribution in [0.15, 0.2) is 42.6 Å². The van der Waals surface area contributed by atoms with Gasteiger partial charge >= 0.3 is 5.97 Å². The molecule has 0 aliphatic carbocycles. The van der Waals surface area contributed by atoms with E-state index in [2.05, 4.69) is 4.98 Å². The quantitative estimate of drug-likeness (QED) is 0.718. The molecule has 0 saturated heterocycles. The Morgan fingerprint density at radius 2 is 1.79 bits per heavy atom. The number of nitrogens with zero attached hydrogens (tertiary/aromatic N) is 1. The second-order valence-electron chi connectivity index (χ2n) is 5.32. The van der Waals surface area contributed by atoms with Crippen LogP contribution in [0.2, 0.25) is 0 Å². The van der Waals surface area contributed by atoms with Gasteiger partial charge in [0.25, 0.3) is 0 Å². The first-order valence-electron chi connectivity index (χ1n) is 7.60. The Hall–Kier alpha value is -2.73. The number of hydrogen-bond acceptors (Lipinski definition) is 5. The predicted octanol–water partition coefficient (Wildman–Crippen LogP) is 1.89. The zero-order valence-corrected chi connectivity index (χ0v) is 13.3. The van der Waals surface area contributed by atoms with Crippen LogP contribution in [-0.2, 0) is 17.6 Å². The number of carbonyl (C=O) groups excluding carboxylic acids is 1. The monoisotopic (exact) mass is 329 g/mol. The maximum absolute atomic E-state index is 12.0. The molecule has 2 N–H and O–H groups in total. The lowest BCUT2D eigenvalue weighted by Crippen LogP contribution is -2.21. The van der Waals surface area contributed by atoms with E-state index in [-0.39, 0.29) is 18.8 Å². The average Bonchev–Trinajstić information content (AvgIpc) is 2.60. The number of ether oxygens (including phenoxy) is 1. The van der Waals surface area contributed by atoms with Crippen LogP contribution in [0.25, 0.3) is 0 Å². The number of aryl methyl sites for hydroxylation is 1. The molecular formula is C18H19NO5. The fourth-order valence-corrected chi connectivity index (χ4v) is 2.05. The van der Waals surface area contributed by atoms with Crippen LogP contribution in [0.3, 0.4) is 0 Å². The van der Waals surface area contributed by atoms with E-state index in [0.717, 1.165) is 12.0 Å². The number of Topliss-reactive ketones (excluding diaryl/α,β-unsaturated/α-hetero) is 1. The van der Waals surface area contributed by atoms with Crippen molar-refractivity contribution in [1.29, 1.82) is 0 Å². The van der Waals surface area contributed by atoms with Crippen molar-refractivity contribution in [2.75, 3.05) is 6.61 Å². The maximum atomic E-state index is 12.0. The third-order valence-corrected chi connectivity index (χ3v) is 3.53. The van der Waals surface area contributed by atoms with Gasteiger partial charge in [0.2, 0.25) is 5.78 Å². The number of carboxylic acids is 1. The highest BCUT2D eigenvalue weighted by Crippen LogP contribution is 2.14. The molecule has 0 radical (unpaired) electrons. The number of aliphatic hydroxyl groups excluding tert-OH is 1. The molecule has 2 rings (SSSR count). The van der Waals surface area contributed by atoms with Crippen LogP contribution in [0.1, 0.15) is 28.5 Å². The summed E-state index contributed by atoms with van der Waals surface area (Å²) in [6, 6.07) is 10.1. The number of ketones is 1. The highest BCUT2D eigenvalue weighted by molar-refractivity contribution is 5.95. The Morgan fingerprint density at radius 1 is 1.12 bits per heavy atom. The first-order chi connectivity index (χ1) is 11.5. The smallest absolute Gasteiger partial charge is 0.332 e.